The summed E-state index contributed by atoms with van der Waals surface area (Å²) in [4.78, 5) is 0. The molecule has 2 heterocycles. The molecule has 0 bridgehead atoms. The average molecular weight is 356 g/mol. The summed E-state index contributed by atoms with van der Waals surface area (Å²) >= 11 is 0. The fourth-order valence-corrected chi connectivity index (χ4v) is 3.38. The number of hydrogen-bond donors (Lipinski definition) is 1. The third kappa shape index (κ3) is 3.65. The van der Waals surface area contributed by atoms with E-state index in [1.165, 1.54) is 11.3 Å². The highest BCUT2D eigenvalue weighted by Gasteiger charge is 2.12. The normalized spacial score (nSPS) is 10.9. The number of para-hydroxylation sites is 3. The van der Waals surface area contributed by atoms with Crippen molar-refractivity contribution in [3.63, 3.8) is 0 Å². The predicted octanol–water partition coefficient (Wildman–Crippen LogP) is 5.23. The smallest absolute Gasteiger partial charge is 0.0682 e. The van der Waals surface area contributed by atoms with Crippen LogP contribution in [0.1, 0.15) is 24.6 Å². The van der Waals surface area contributed by atoms with Crippen LogP contribution in [0, 0.1) is 0 Å². The predicted molar refractivity (Wildman–Crippen MR) is 111 cm³/mol. The minimum absolute atomic E-state index is 0.750. The number of hydrogen-bond acceptors (Lipinski definition) is 2. The van der Waals surface area contributed by atoms with Crippen molar-refractivity contribution in [2.24, 2.45) is 0 Å². The third-order valence-electron chi connectivity index (χ3n) is 4.70. The molecule has 0 fully saturated rings. The van der Waals surface area contributed by atoms with Crippen molar-refractivity contribution in [1.29, 1.82) is 0 Å². The van der Waals surface area contributed by atoms with Crippen molar-refractivity contribution in [3.8, 4) is 11.4 Å². The molecule has 4 heteroatoms. The van der Waals surface area contributed by atoms with Crippen LogP contribution in [0.25, 0.3) is 11.4 Å². The number of nitrogens with zero attached hydrogens (tertiary/aromatic N) is 3. The number of rotatable bonds is 7. The van der Waals surface area contributed by atoms with Gasteiger partial charge in [0.1, 0.15) is 0 Å². The lowest BCUT2D eigenvalue weighted by Crippen LogP contribution is -2.07. The van der Waals surface area contributed by atoms with E-state index < -0.39 is 0 Å². The second-order valence-electron chi connectivity index (χ2n) is 6.57. The molecule has 27 heavy (non-hydrogen) atoms. The van der Waals surface area contributed by atoms with Gasteiger partial charge < -0.3 is 9.88 Å². The number of anilines is 1. The molecule has 0 saturated heterocycles. The molecule has 0 aliphatic carbocycles. The van der Waals surface area contributed by atoms with Crippen molar-refractivity contribution >= 4 is 5.69 Å². The molecule has 0 saturated carbocycles. The van der Waals surface area contributed by atoms with Crippen LogP contribution >= 0.6 is 0 Å². The Bertz CT molecular complexity index is 984. The third-order valence-corrected chi connectivity index (χ3v) is 4.70. The highest BCUT2D eigenvalue weighted by Crippen LogP contribution is 2.22. The zero-order valence-electron chi connectivity index (χ0n) is 15.5. The zero-order valence-corrected chi connectivity index (χ0v) is 15.5. The summed E-state index contributed by atoms with van der Waals surface area (Å²) in [6.07, 6.45) is 8.22. The van der Waals surface area contributed by atoms with Gasteiger partial charge in [0.2, 0.25) is 0 Å². The van der Waals surface area contributed by atoms with Crippen molar-refractivity contribution in [3.05, 3.63) is 96.6 Å². The standard InChI is InChI=1S/C23H24N4/c1-2-10-22-19(18-25-27(22)20-11-4-3-5-12-20)17-24-21-13-6-7-14-23(21)26-15-8-9-16-26/h3-9,11-16,18,24H,2,10,17H2,1H3. The Labute approximate surface area is 160 Å². The van der Waals surface area contributed by atoms with Gasteiger partial charge in [-0.1, -0.05) is 43.7 Å². The van der Waals surface area contributed by atoms with E-state index in [1.807, 2.05) is 24.4 Å². The first-order chi connectivity index (χ1) is 13.4. The summed E-state index contributed by atoms with van der Waals surface area (Å²) in [7, 11) is 0. The van der Waals surface area contributed by atoms with Gasteiger partial charge in [0, 0.05) is 30.2 Å². The van der Waals surface area contributed by atoms with Crippen LogP contribution in [0.5, 0.6) is 0 Å². The molecule has 0 spiro atoms. The highest BCUT2D eigenvalue weighted by atomic mass is 15.3. The zero-order chi connectivity index (χ0) is 18.5. The minimum Gasteiger partial charge on any atom is -0.379 e. The maximum atomic E-state index is 4.66. The lowest BCUT2D eigenvalue weighted by molar-refractivity contribution is 0.769. The second-order valence-corrected chi connectivity index (χ2v) is 6.57. The van der Waals surface area contributed by atoms with Gasteiger partial charge >= 0.3 is 0 Å². The Morgan fingerprint density at radius 3 is 2.41 bits per heavy atom. The first-order valence-corrected chi connectivity index (χ1v) is 9.44. The second kappa shape index (κ2) is 7.96. The van der Waals surface area contributed by atoms with E-state index in [1.54, 1.807) is 0 Å². The monoisotopic (exact) mass is 356 g/mol. The Morgan fingerprint density at radius 1 is 0.889 bits per heavy atom. The van der Waals surface area contributed by atoms with Gasteiger partial charge in [0.05, 0.1) is 23.3 Å². The largest absolute Gasteiger partial charge is 0.379 e. The van der Waals surface area contributed by atoms with Gasteiger partial charge in [0.25, 0.3) is 0 Å². The van der Waals surface area contributed by atoms with E-state index in [9.17, 15) is 0 Å². The maximum absolute atomic E-state index is 4.66. The Balaban J connectivity index is 1.60. The van der Waals surface area contributed by atoms with E-state index >= 15 is 0 Å². The summed E-state index contributed by atoms with van der Waals surface area (Å²) in [6, 6.07) is 22.8. The van der Waals surface area contributed by atoms with Crippen LogP contribution in [0.15, 0.2) is 85.3 Å². The van der Waals surface area contributed by atoms with E-state index in [0.29, 0.717) is 0 Å². The van der Waals surface area contributed by atoms with E-state index in [-0.39, 0.29) is 0 Å². The average Bonchev–Trinajstić information content (AvgIpc) is 3.38. The lowest BCUT2D eigenvalue weighted by Gasteiger charge is -2.14. The van der Waals surface area contributed by atoms with Gasteiger partial charge in [0.15, 0.2) is 0 Å². The molecule has 0 unspecified atom stereocenters. The topological polar surface area (TPSA) is 34.8 Å². The quantitative estimate of drug-likeness (QED) is 0.492. The van der Waals surface area contributed by atoms with Crippen LogP contribution in [0.2, 0.25) is 0 Å². The van der Waals surface area contributed by atoms with Crippen molar-refractivity contribution in [1.82, 2.24) is 14.3 Å². The fraction of sp³-hybridized carbons (Fsp3) is 0.174. The van der Waals surface area contributed by atoms with E-state index in [0.717, 1.165) is 36.4 Å². The van der Waals surface area contributed by atoms with Gasteiger partial charge in [-0.05, 0) is 42.8 Å². The molecule has 0 atom stereocenters. The lowest BCUT2D eigenvalue weighted by atomic mass is 10.1. The van der Waals surface area contributed by atoms with Gasteiger partial charge in [-0.25, -0.2) is 4.68 Å². The molecule has 2 aromatic carbocycles. The van der Waals surface area contributed by atoms with Gasteiger partial charge in [-0.2, -0.15) is 5.10 Å². The van der Waals surface area contributed by atoms with Crippen LogP contribution in [0.3, 0.4) is 0 Å². The molecule has 1 N–H and O–H groups in total. The van der Waals surface area contributed by atoms with Crippen LogP contribution in [-0.4, -0.2) is 14.3 Å². The molecule has 0 aliphatic rings. The molecule has 136 valence electrons. The molecule has 0 aliphatic heterocycles. The summed E-state index contributed by atoms with van der Waals surface area (Å²) in [5.41, 5.74) is 5.89. The molecular weight excluding hydrogens is 332 g/mol. The molecule has 0 radical (unpaired) electrons. The molecule has 0 amide bonds. The van der Waals surface area contributed by atoms with Crippen LogP contribution in [0.4, 0.5) is 5.69 Å². The van der Waals surface area contributed by atoms with Crippen LogP contribution < -0.4 is 5.32 Å². The van der Waals surface area contributed by atoms with Crippen molar-refractivity contribution in [2.75, 3.05) is 5.32 Å². The number of benzene rings is 2. The Kier molecular flexibility index (Phi) is 5.06. The Morgan fingerprint density at radius 2 is 1.63 bits per heavy atom. The van der Waals surface area contributed by atoms with E-state index in [4.69, 9.17) is 0 Å². The van der Waals surface area contributed by atoms with Gasteiger partial charge in [-0.15, -0.1) is 0 Å². The SMILES string of the molecule is CCCc1c(CNc2ccccc2-n2cccc2)cnn1-c1ccccc1. The molecular formula is C23H24N4. The minimum atomic E-state index is 0.750. The molecule has 4 aromatic rings. The molecule has 4 nitrogen and oxygen atoms in total. The molecule has 2 aromatic heterocycles. The maximum Gasteiger partial charge on any atom is 0.0682 e. The summed E-state index contributed by atoms with van der Waals surface area (Å²) < 4.78 is 4.20. The molecule has 4 rings (SSSR count). The van der Waals surface area contributed by atoms with E-state index in [2.05, 4.69) is 87.5 Å². The van der Waals surface area contributed by atoms with Gasteiger partial charge in [-0.3, -0.25) is 0 Å². The van der Waals surface area contributed by atoms with Crippen molar-refractivity contribution < 1.29 is 0 Å². The number of aromatic nitrogens is 3. The summed E-state index contributed by atoms with van der Waals surface area (Å²) in [5.74, 6) is 0. The summed E-state index contributed by atoms with van der Waals surface area (Å²) in [5, 5.41) is 8.27. The van der Waals surface area contributed by atoms with Crippen LogP contribution in [-0.2, 0) is 13.0 Å². The fourth-order valence-electron chi connectivity index (χ4n) is 3.38. The first kappa shape index (κ1) is 17.2. The highest BCUT2D eigenvalue weighted by molar-refractivity contribution is 5.61. The summed E-state index contributed by atoms with van der Waals surface area (Å²) in [6.45, 7) is 2.96. The van der Waals surface area contributed by atoms with Crippen molar-refractivity contribution in [2.45, 2.75) is 26.3 Å². The number of nitrogens with one attached hydrogen (secondary N) is 1. The first-order valence-electron chi connectivity index (χ1n) is 9.44. The Hall–Kier alpha value is -3.27.